The Morgan fingerprint density at radius 1 is 1.40 bits per heavy atom. The van der Waals surface area contributed by atoms with E-state index in [-0.39, 0.29) is 4.90 Å². The summed E-state index contributed by atoms with van der Waals surface area (Å²) in [6.45, 7) is 4.21. The third-order valence-corrected chi connectivity index (χ3v) is 4.28. The van der Waals surface area contributed by atoms with Crippen molar-refractivity contribution in [3.8, 4) is 0 Å². The van der Waals surface area contributed by atoms with Crippen LogP contribution in [0.25, 0.3) is 0 Å². The molecule has 2 nitrogen and oxygen atoms in total. The largest absolute Gasteiger partial charge is 0.261 e. The second kappa shape index (κ2) is 5.23. The molecule has 0 aliphatic heterocycles. The zero-order valence-corrected chi connectivity index (χ0v) is 11.0. The van der Waals surface area contributed by atoms with E-state index in [4.69, 9.17) is 10.7 Å². The third kappa shape index (κ3) is 4.45. The van der Waals surface area contributed by atoms with E-state index >= 15 is 0 Å². The standard InChI is InChI=1S/C10H13ClO2S2/c1-8(2)14-7-9-4-3-5-10(6-9)15(11,12)13/h3-6,8H,7H2,1-2H3. The highest BCUT2D eigenvalue weighted by Crippen LogP contribution is 2.21. The van der Waals surface area contributed by atoms with E-state index in [9.17, 15) is 8.42 Å². The van der Waals surface area contributed by atoms with Crippen molar-refractivity contribution in [3.05, 3.63) is 29.8 Å². The van der Waals surface area contributed by atoms with Crippen LogP contribution in [0.5, 0.6) is 0 Å². The fourth-order valence-corrected chi connectivity index (χ4v) is 2.58. The Labute approximate surface area is 99.4 Å². The van der Waals surface area contributed by atoms with Gasteiger partial charge in [-0.2, -0.15) is 11.8 Å². The van der Waals surface area contributed by atoms with Crippen molar-refractivity contribution < 1.29 is 8.42 Å². The van der Waals surface area contributed by atoms with E-state index in [0.29, 0.717) is 5.25 Å². The lowest BCUT2D eigenvalue weighted by Crippen LogP contribution is -1.93. The van der Waals surface area contributed by atoms with Gasteiger partial charge in [-0.05, 0) is 22.9 Å². The zero-order valence-electron chi connectivity index (χ0n) is 8.60. The first-order valence-electron chi connectivity index (χ1n) is 4.55. The van der Waals surface area contributed by atoms with Gasteiger partial charge in [-0.1, -0.05) is 26.0 Å². The summed E-state index contributed by atoms with van der Waals surface area (Å²) in [5.41, 5.74) is 0.982. The molecule has 0 saturated heterocycles. The Kier molecular flexibility index (Phi) is 4.49. The highest BCUT2D eigenvalue weighted by Gasteiger charge is 2.09. The van der Waals surface area contributed by atoms with Crippen LogP contribution in [0.4, 0.5) is 0 Å². The quantitative estimate of drug-likeness (QED) is 0.783. The maximum Gasteiger partial charge on any atom is 0.261 e. The van der Waals surface area contributed by atoms with Crippen LogP contribution in [0.1, 0.15) is 19.4 Å². The maximum atomic E-state index is 11.1. The molecule has 0 atom stereocenters. The molecule has 0 radical (unpaired) electrons. The Balaban J connectivity index is 2.84. The molecule has 1 rings (SSSR count). The lowest BCUT2D eigenvalue weighted by molar-refractivity contribution is 0.609. The highest BCUT2D eigenvalue weighted by molar-refractivity contribution is 8.13. The van der Waals surface area contributed by atoms with Crippen LogP contribution in [0.15, 0.2) is 29.2 Å². The van der Waals surface area contributed by atoms with Crippen LogP contribution >= 0.6 is 22.4 Å². The summed E-state index contributed by atoms with van der Waals surface area (Å²) < 4.78 is 22.2. The third-order valence-electron chi connectivity index (χ3n) is 1.76. The molecule has 0 bridgehead atoms. The van der Waals surface area contributed by atoms with Crippen LogP contribution < -0.4 is 0 Å². The van der Waals surface area contributed by atoms with E-state index in [1.165, 1.54) is 6.07 Å². The topological polar surface area (TPSA) is 34.1 Å². The first-order chi connectivity index (χ1) is 6.89. The van der Waals surface area contributed by atoms with Crippen LogP contribution in [0, 0.1) is 0 Å². The van der Waals surface area contributed by atoms with E-state index in [1.807, 2.05) is 6.07 Å². The second-order valence-electron chi connectivity index (χ2n) is 3.45. The molecular weight excluding hydrogens is 252 g/mol. The smallest absolute Gasteiger partial charge is 0.207 e. The van der Waals surface area contributed by atoms with E-state index in [0.717, 1.165) is 11.3 Å². The molecule has 0 N–H and O–H groups in total. The molecule has 1 aromatic carbocycles. The molecule has 0 heterocycles. The number of hydrogen-bond acceptors (Lipinski definition) is 3. The maximum absolute atomic E-state index is 11.1. The van der Waals surface area contributed by atoms with Crippen LogP contribution in [0.3, 0.4) is 0 Å². The summed E-state index contributed by atoms with van der Waals surface area (Å²) >= 11 is 1.77. The van der Waals surface area contributed by atoms with Gasteiger partial charge in [0.2, 0.25) is 0 Å². The van der Waals surface area contributed by atoms with Gasteiger partial charge in [-0.25, -0.2) is 8.42 Å². The van der Waals surface area contributed by atoms with Gasteiger partial charge < -0.3 is 0 Å². The number of hydrogen-bond donors (Lipinski definition) is 0. The van der Waals surface area contributed by atoms with Crippen molar-refractivity contribution in [1.82, 2.24) is 0 Å². The molecule has 0 aliphatic rings. The molecule has 0 unspecified atom stereocenters. The average Bonchev–Trinajstić information content (AvgIpc) is 2.14. The Morgan fingerprint density at radius 3 is 2.60 bits per heavy atom. The molecule has 0 aromatic heterocycles. The Bertz CT molecular complexity index is 427. The Morgan fingerprint density at radius 2 is 2.07 bits per heavy atom. The SMILES string of the molecule is CC(C)SCc1cccc(S(=O)(=O)Cl)c1. The molecule has 0 spiro atoms. The molecule has 0 aliphatic carbocycles. The van der Waals surface area contributed by atoms with Gasteiger partial charge in [0, 0.05) is 16.4 Å². The normalized spacial score (nSPS) is 12.0. The number of thioether (sulfide) groups is 1. The van der Waals surface area contributed by atoms with E-state index in [2.05, 4.69) is 13.8 Å². The molecule has 0 amide bonds. The molecule has 5 heteroatoms. The van der Waals surface area contributed by atoms with Crippen molar-refractivity contribution in [2.75, 3.05) is 0 Å². The Hall–Kier alpha value is -0.190. The van der Waals surface area contributed by atoms with Gasteiger partial charge in [0.05, 0.1) is 4.90 Å². The highest BCUT2D eigenvalue weighted by atomic mass is 35.7. The molecule has 15 heavy (non-hydrogen) atoms. The van der Waals surface area contributed by atoms with E-state index in [1.54, 1.807) is 23.9 Å². The minimum Gasteiger partial charge on any atom is -0.207 e. The lowest BCUT2D eigenvalue weighted by atomic mass is 10.2. The van der Waals surface area contributed by atoms with Crippen molar-refractivity contribution in [1.29, 1.82) is 0 Å². The minimum absolute atomic E-state index is 0.172. The lowest BCUT2D eigenvalue weighted by Gasteiger charge is -2.05. The van der Waals surface area contributed by atoms with Crippen LogP contribution in [-0.2, 0) is 14.8 Å². The first kappa shape index (κ1) is 12.9. The zero-order chi connectivity index (χ0) is 11.5. The number of halogens is 1. The molecular formula is C10H13ClO2S2. The average molecular weight is 265 g/mol. The first-order valence-corrected chi connectivity index (χ1v) is 7.90. The summed E-state index contributed by atoms with van der Waals surface area (Å²) in [5, 5.41) is 0.529. The van der Waals surface area contributed by atoms with E-state index < -0.39 is 9.05 Å². The monoisotopic (exact) mass is 264 g/mol. The van der Waals surface area contributed by atoms with Gasteiger partial charge in [-0.3, -0.25) is 0 Å². The van der Waals surface area contributed by atoms with Gasteiger partial charge in [0.25, 0.3) is 9.05 Å². The van der Waals surface area contributed by atoms with Crippen molar-refractivity contribution in [2.24, 2.45) is 0 Å². The summed E-state index contributed by atoms with van der Waals surface area (Å²) in [5.74, 6) is 0.803. The number of benzene rings is 1. The molecule has 1 aromatic rings. The predicted octanol–water partition coefficient (Wildman–Crippen LogP) is 3.26. The van der Waals surface area contributed by atoms with Gasteiger partial charge in [0.1, 0.15) is 0 Å². The van der Waals surface area contributed by atoms with Crippen molar-refractivity contribution >= 4 is 31.5 Å². The fourth-order valence-electron chi connectivity index (χ4n) is 1.05. The van der Waals surface area contributed by atoms with Gasteiger partial charge >= 0.3 is 0 Å². The summed E-state index contributed by atoms with van der Waals surface area (Å²) in [7, 11) is 1.66. The fraction of sp³-hybridized carbons (Fsp3) is 0.400. The van der Waals surface area contributed by atoms with Crippen molar-refractivity contribution in [3.63, 3.8) is 0 Å². The summed E-state index contributed by atoms with van der Waals surface area (Å²) in [6, 6.07) is 6.75. The minimum atomic E-state index is -3.60. The predicted molar refractivity (Wildman–Crippen MR) is 65.9 cm³/mol. The molecule has 0 fully saturated rings. The molecule has 84 valence electrons. The van der Waals surface area contributed by atoms with Crippen LogP contribution in [-0.4, -0.2) is 13.7 Å². The van der Waals surface area contributed by atoms with Gasteiger partial charge in [0.15, 0.2) is 0 Å². The molecule has 0 saturated carbocycles. The van der Waals surface area contributed by atoms with Crippen molar-refractivity contribution in [2.45, 2.75) is 29.7 Å². The van der Waals surface area contributed by atoms with Gasteiger partial charge in [-0.15, -0.1) is 0 Å². The second-order valence-corrected chi connectivity index (χ2v) is 7.58. The summed E-state index contributed by atoms with van der Waals surface area (Å²) in [6.07, 6.45) is 0. The number of rotatable bonds is 4. The van der Waals surface area contributed by atoms with Crippen LogP contribution in [0.2, 0.25) is 0 Å². The summed E-state index contributed by atoms with van der Waals surface area (Å²) in [4.78, 5) is 0.172.